The summed E-state index contributed by atoms with van der Waals surface area (Å²) >= 11 is 0. The van der Waals surface area contributed by atoms with E-state index in [1.54, 1.807) is 26.6 Å². The summed E-state index contributed by atoms with van der Waals surface area (Å²) in [5, 5.41) is 24.1. The van der Waals surface area contributed by atoms with Crippen LogP contribution in [0.2, 0.25) is 0 Å². The molecule has 0 fully saturated rings. The van der Waals surface area contributed by atoms with Gasteiger partial charge in [-0.05, 0) is 18.2 Å². The lowest BCUT2D eigenvalue weighted by Gasteiger charge is -2.24. The van der Waals surface area contributed by atoms with Crippen LogP contribution in [0.1, 0.15) is 33.1 Å². The Morgan fingerprint density at radius 3 is 2.74 bits per heavy atom. The first-order valence-corrected chi connectivity index (χ1v) is 10.9. The van der Waals surface area contributed by atoms with Gasteiger partial charge in [-0.1, -0.05) is 0 Å². The monoisotopic (exact) mass is 464 g/mol. The zero-order valence-electron chi connectivity index (χ0n) is 18.2. The summed E-state index contributed by atoms with van der Waals surface area (Å²) in [7, 11) is 0. The molecule has 1 N–H and O–H groups in total. The molecule has 2 aromatic heterocycles. The average Bonchev–Trinajstić information content (AvgIpc) is 3.44. The van der Waals surface area contributed by atoms with Crippen LogP contribution in [-0.4, -0.2) is 73.0 Å². The number of aromatic nitrogens is 5. The first kappa shape index (κ1) is 21.6. The van der Waals surface area contributed by atoms with Crippen LogP contribution >= 0.6 is 0 Å². The molecule has 174 valence electrons. The molecule has 1 aromatic carbocycles. The maximum Gasteiger partial charge on any atom is 0.274 e. The van der Waals surface area contributed by atoms with Crippen LogP contribution in [0.15, 0.2) is 24.3 Å². The Balaban J connectivity index is 1.17. The normalized spacial score (nSPS) is 15.2. The van der Waals surface area contributed by atoms with E-state index < -0.39 is 5.82 Å². The predicted octanol–water partition coefficient (Wildman–Crippen LogP) is 0.674. The first-order valence-electron chi connectivity index (χ1n) is 10.9. The highest BCUT2D eigenvalue weighted by Gasteiger charge is 2.28. The summed E-state index contributed by atoms with van der Waals surface area (Å²) in [5.41, 5.74) is 2.85. The van der Waals surface area contributed by atoms with Gasteiger partial charge < -0.3 is 14.5 Å². The average molecular weight is 464 g/mol. The summed E-state index contributed by atoms with van der Waals surface area (Å²) in [4.78, 5) is 28.9. The largest absolute Gasteiger partial charge is 0.484 e. The van der Waals surface area contributed by atoms with Gasteiger partial charge in [-0.15, -0.1) is 0 Å². The summed E-state index contributed by atoms with van der Waals surface area (Å²) in [6.07, 6.45) is 1.20. The molecule has 0 saturated carbocycles. The van der Waals surface area contributed by atoms with Crippen molar-refractivity contribution in [3.05, 3.63) is 58.4 Å². The van der Waals surface area contributed by atoms with Crippen molar-refractivity contribution >= 4 is 11.8 Å². The number of benzene rings is 1. The Hall–Kier alpha value is -4.27. The molecule has 3 aromatic rings. The number of aromatic amines is 1. The highest BCUT2D eigenvalue weighted by Crippen LogP contribution is 2.19. The van der Waals surface area contributed by atoms with E-state index in [2.05, 4.69) is 20.5 Å². The fourth-order valence-electron chi connectivity index (χ4n) is 4.13. The first-order chi connectivity index (χ1) is 16.5. The molecule has 12 heteroatoms. The van der Waals surface area contributed by atoms with E-state index >= 15 is 0 Å². The Labute approximate surface area is 193 Å². The number of carbonyl (C=O) groups excluding carboxylic acids is 2. The van der Waals surface area contributed by atoms with Crippen LogP contribution in [0.5, 0.6) is 5.75 Å². The Morgan fingerprint density at radius 2 is 1.91 bits per heavy atom. The van der Waals surface area contributed by atoms with Crippen molar-refractivity contribution in [2.45, 2.75) is 25.9 Å². The van der Waals surface area contributed by atoms with Crippen molar-refractivity contribution in [2.24, 2.45) is 0 Å². The van der Waals surface area contributed by atoms with E-state index in [-0.39, 0.29) is 29.7 Å². The van der Waals surface area contributed by atoms with Gasteiger partial charge in [0.2, 0.25) is 0 Å². The summed E-state index contributed by atoms with van der Waals surface area (Å²) in [6.45, 7) is 2.04. The minimum Gasteiger partial charge on any atom is -0.484 e. The zero-order chi connectivity index (χ0) is 23.7. The summed E-state index contributed by atoms with van der Waals surface area (Å²) < 4.78 is 20.9. The van der Waals surface area contributed by atoms with Gasteiger partial charge in [0, 0.05) is 44.2 Å². The van der Waals surface area contributed by atoms with E-state index in [1.807, 2.05) is 0 Å². The van der Waals surface area contributed by atoms with Gasteiger partial charge in [-0.3, -0.25) is 14.3 Å². The second-order valence-corrected chi connectivity index (χ2v) is 8.11. The standard InChI is InChI=1S/C22H21FN8O3/c23-17-10-16(2-1-14(17)11-24)34-13-21(32)29-5-3-15-9-19(27-31(15)8-7-29)22(33)30-6-4-18-20(12-30)26-28-25-18/h1-2,9-10H,3-8,12-13H2,(H,25,26,28). The van der Waals surface area contributed by atoms with Gasteiger partial charge in [0.15, 0.2) is 12.3 Å². The Morgan fingerprint density at radius 1 is 1.09 bits per heavy atom. The fourth-order valence-corrected chi connectivity index (χ4v) is 4.13. The lowest BCUT2D eigenvalue weighted by atomic mass is 10.1. The molecule has 0 atom stereocenters. The van der Waals surface area contributed by atoms with Crippen LogP contribution in [-0.2, 0) is 30.7 Å². The van der Waals surface area contributed by atoms with Crippen LogP contribution in [0.3, 0.4) is 0 Å². The number of fused-ring (bicyclic) bond motifs is 2. The number of ether oxygens (including phenoxy) is 1. The molecule has 0 spiro atoms. The number of halogens is 1. The number of amides is 2. The minimum atomic E-state index is -0.691. The number of hydrogen-bond acceptors (Lipinski definition) is 7. The number of hydrogen-bond donors (Lipinski definition) is 1. The smallest absolute Gasteiger partial charge is 0.274 e. The van der Waals surface area contributed by atoms with Crippen molar-refractivity contribution in [1.29, 1.82) is 5.26 Å². The number of nitrogens with zero attached hydrogens (tertiary/aromatic N) is 7. The SMILES string of the molecule is N#Cc1ccc(OCC(=O)N2CCc3cc(C(=O)N4CCc5n[nH]nc5C4)nn3CC2)cc1F. The highest BCUT2D eigenvalue weighted by molar-refractivity contribution is 5.92. The molecule has 0 saturated heterocycles. The molecule has 2 aliphatic heterocycles. The van der Waals surface area contributed by atoms with Gasteiger partial charge >= 0.3 is 0 Å². The summed E-state index contributed by atoms with van der Waals surface area (Å²) in [5.74, 6) is -0.885. The number of nitriles is 1. The Kier molecular flexibility index (Phi) is 5.67. The van der Waals surface area contributed by atoms with E-state index in [9.17, 15) is 14.0 Å². The van der Waals surface area contributed by atoms with Crippen molar-refractivity contribution < 1.29 is 18.7 Å². The summed E-state index contributed by atoms with van der Waals surface area (Å²) in [6, 6.07) is 7.38. The van der Waals surface area contributed by atoms with E-state index in [0.717, 1.165) is 23.1 Å². The van der Waals surface area contributed by atoms with Crippen molar-refractivity contribution in [1.82, 2.24) is 35.0 Å². The molecular formula is C22H21FN8O3. The van der Waals surface area contributed by atoms with Crippen molar-refractivity contribution in [2.75, 3.05) is 26.2 Å². The van der Waals surface area contributed by atoms with Crippen molar-refractivity contribution in [3.8, 4) is 11.8 Å². The molecular weight excluding hydrogens is 443 g/mol. The molecule has 5 rings (SSSR count). The Bertz CT molecular complexity index is 1270. The third kappa shape index (κ3) is 4.19. The van der Waals surface area contributed by atoms with Crippen LogP contribution in [0.4, 0.5) is 4.39 Å². The highest BCUT2D eigenvalue weighted by atomic mass is 19.1. The maximum atomic E-state index is 13.7. The molecule has 0 bridgehead atoms. The van der Waals surface area contributed by atoms with E-state index in [0.29, 0.717) is 51.3 Å². The molecule has 0 radical (unpaired) electrons. The number of nitrogens with one attached hydrogen (secondary N) is 1. The lowest BCUT2D eigenvalue weighted by Crippen LogP contribution is -2.37. The van der Waals surface area contributed by atoms with Gasteiger partial charge in [-0.25, -0.2) is 4.39 Å². The van der Waals surface area contributed by atoms with Gasteiger partial charge in [0.25, 0.3) is 11.8 Å². The molecule has 11 nitrogen and oxygen atoms in total. The molecule has 2 amide bonds. The number of rotatable bonds is 4. The van der Waals surface area contributed by atoms with E-state index in [4.69, 9.17) is 10.00 Å². The van der Waals surface area contributed by atoms with Gasteiger partial charge in [0.05, 0.1) is 24.3 Å². The zero-order valence-corrected chi connectivity index (χ0v) is 18.2. The second kappa shape index (κ2) is 8.93. The third-order valence-electron chi connectivity index (χ3n) is 6.03. The van der Waals surface area contributed by atoms with E-state index in [1.165, 1.54) is 12.1 Å². The molecule has 0 unspecified atom stereocenters. The van der Waals surface area contributed by atoms with Crippen LogP contribution < -0.4 is 4.74 Å². The fraction of sp³-hybridized carbons (Fsp3) is 0.364. The topological polar surface area (TPSA) is 133 Å². The molecule has 4 heterocycles. The van der Waals surface area contributed by atoms with Gasteiger partial charge in [0.1, 0.15) is 23.3 Å². The maximum absolute atomic E-state index is 13.7. The third-order valence-corrected chi connectivity index (χ3v) is 6.03. The molecule has 34 heavy (non-hydrogen) atoms. The van der Waals surface area contributed by atoms with Crippen molar-refractivity contribution in [3.63, 3.8) is 0 Å². The predicted molar refractivity (Wildman–Crippen MR) is 114 cm³/mol. The van der Waals surface area contributed by atoms with Gasteiger partial charge in [-0.2, -0.15) is 25.8 Å². The quantitative estimate of drug-likeness (QED) is 0.600. The number of carbonyl (C=O) groups is 2. The van der Waals surface area contributed by atoms with Crippen LogP contribution in [0, 0.1) is 17.1 Å². The minimum absolute atomic E-state index is 0.0818. The van der Waals surface area contributed by atoms with Crippen LogP contribution in [0.25, 0.3) is 0 Å². The second-order valence-electron chi connectivity index (χ2n) is 8.11. The lowest BCUT2D eigenvalue weighted by molar-refractivity contribution is -0.133. The molecule has 0 aliphatic carbocycles. The molecule has 2 aliphatic rings. The number of H-pyrrole nitrogens is 1.